The fourth-order valence-corrected chi connectivity index (χ4v) is 5.70. The molecule has 0 saturated carbocycles. The van der Waals surface area contributed by atoms with E-state index in [4.69, 9.17) is 23.7 Å². The molecule has 3 aromatic heterocycles. The van der Waals surface area contributed by atoms with Crippen molar-refractivity contribution in [2.45, 2.75) is 31.0 Å². The molecule has 0 spiro atoms. The van der Waals surface area contributed by atoms with Gasteiger partial charge < -0.3 is 29.0 Å². The first kappa shape index (κ1) is 21.3. The monoisotopic (exact) mass is 484 g/mol. The Hall–Kier alpha value is -3.22. The van der Waals surface area contributed by atoms with Crippen LogP contribution in [0, 0.1) is 0 Å². The standard InChI is InChI=1S/C22H24N6O5S/c1-30-19-4-2-3-14(24-19)17-8-18(27-33-17)28-13-7-15-20(16(28)11-32-10-13)34-22(25-15)26-21(29)23-12-5-6-31-9-12/h2-4,8,12-13,16H,5-7,9-11H2,1H3,(H2,23,25,26,29)/t12-,13-,16-/m0/s1. The molecule has 3 aromatic rings. The number of rotatable bonds is 5. The lowest BCUT2D eigenvalue weighted by Gasteiger charge is -2.44. The normalized spacial score (nSPS) is 23.4. The number of amides is 2. The summed E-state index contributed by atoms with van der Waals surface area (Å²) >= 11 is 1.47. The fourth-order valence-electron chi connectivity index (χ4n) is 4.62. The van der Waals surface area contributed by atoms with Crippen LogP contribution in [0.4, 0.5) is 15.7 Å². The average molecular weight is 485 g/mol. The summed E-state index contributed by atoms with van der Waals surface area (Å²) < 4.78 is 22.1. The van der Waals surface area contributed by atoms with Gasteiger partial charge in [-0.15, -0.1) is 0 Å². The number of urea groups is 1. The van der Waals surface area contributed by atoms with Gasteiger partial charge in [0.1, 0.15) is 5.69 Å². The van der Waals surface area contributed by atoms with Crippen molar-refractivity contribution in [3.05, 3.63) is 34.8 Å². The Morgan fingerprint density at radius 3 is 3.03 bits per heavy atom. The van der Waals surface area contributed by atoms with Gasteiger partial charge in [-0.3, -0.25) is 5.32 Å². The molecule has 2 N–H and O–H groups in total. The molecule has 11 nitrogen and oxygen atoms in total. The lowest BCUT2D eigenvalue weighted by Crippen LogP contribution is -2.51. The maximum absolute atomic E-state index is 12.4. The van der Waals surface area contributed by atoms with E-state index in [-0.39, 0.29) is 24.2 Å². The van der Waals surface area contributed by atoms with Gasteiger partial charge in [-0.05, 0) is 12.5 Å². The Morgan fingerprint density at radius 2 is 2.18 bits per heavy atom. The van der Waals surface area contributed by atoms with Crippen LogP contribution >= 0.6 is 11.3 Å². The summed E-state index contributed by atoms with van der Waals surface area (Å²) in [5, 5.41) is 10.7. The first-order valence-corrected chi connectivity index (χ1v) is 12.0. The van der Waals surface area contributed by atoms with Crippen molar-refractivity contribution >= 4 is 28.3 Å². The number of pyridine rings is 1. The molecule has 0 aliphatic carbocycles. The van der Waals surface area contributed by atoms with Crippen LogP contribution in [0.2, 0.25) is 0 Å². The Balaban J connectivity index is 1.23. The molecule has 0 unspecified atom stereocenters. The minimum atomic E-state index is -0.260. The number of methoxy groups -OCH3 is 1. The van der Waals surface area contributed by atoms with E-state index >= 15 is 0 Å². The molecule has 178 valence electrons. The highest BCUT2D eigenvalue weighted by molar-refractivity contribution is 7.16. The summed E-state index contributed by atoms with van der Waals surface area (Å²) in [5.41, 5.74) is 1.65. The van der Waals surface area contributed by atoms with Gasteiger partial charge in [-0.2, -0.15) is 0 Å². The second kappa shape index (κ2) is 8.85. The number of thiazole rings is 1. The highest BCUT2D eigenvalue weighted by Crippen LogP contribution is 2.43. The summed E-state index contributed by atoms with van der Waals surface area (Å²) in [5.74, 6) is 1.81. The number of ether oxygens (including phenoxy) is 3. The number of anilines is 2. The van der Waals surface area contributed by atoms with E-state index in [0.717, 1.165) is 22.8 Å². The summed E-state index contributed by atoms with van der Waals surface area (Å²) in [6.45, 7) is 2.30. The second-order valence-electron chi connectivity index (χ2n) is 8.42. The smallest absolute Gasteiger partial charge is 0.321 e. The Labute approximate surface area is 199 Å². The summed E-state index contributed by atoms with van der Waals surface area (Å²) in [6, 6.07) is 7.19. The van der Waals surface area contributed by atoms with Crippen LogP contribution in [0.25, 0.3) is 11.5 Å². The van der Waals surface area contributed by atoms with Crippen molar-refractivity contribution in [2.24, 2.45) is 0 Å². The zero-order valence-corrected chi connectivity index (χ0v) is 19.3. The zero-order valence-electron chi connectivity index (χ0n) is 18.5. The Kier molecular flexibility index (Phi) is 5.55. The number of nitrogens with one attached hydrogen (secondary N) is 2. The molecule has 12 heteroatoms. The minimum Gasteiger partial charge on any atom is -0.481 e. The van der Waals surface area contributed by atoms with Crippen LogP contribution in [0.15, 0.2) is 28.8 Å². The maximum atomic E-state index is 12.4. The van der Waals surface area contributed by atoms with E-state index in [0.29, 0.717) is 55.3 Å². The molecule has 0 radical (unpaired) electrons. The van der Waals surface area contributed by atoms with Crippen molar-refractivity contribution < 1.29 is 23.5 Å². The number of carbonyl (C=O) groups excluding carboxylic acids is 1. The molecule has 2 bridgehead atoms. The number of aromatic nitrogens is 3. The highest BCUT2D eigenvalue weighted by Gasteiger charge is 2.42. The van der Waals surface area contributed by atoms with E-state index in [9.17, 15) is 4.79 Å². The number of nitrogens with zero attached hydrogens (tertiary/aromatic N) is 4. The molecule has 6 heterocycles. The van der Waals surface area contributed by atoms with Crippen molar-refractivity contribution in [3.63, 3.8) is 0 Å². The molecule has 2 amide bonds. The molecule has 6 rings (SSSR count). The van der Waals surface area contributed by atoms with E-state index < -0.39 is 0 Å². The van der Waals surface area contributed by atoms with Gasteiger partial charge in [0, 0.05) is 25.2 Å². The highest BCUT2D eigenvalue weighted by atomic mass is 32.1. The number of hydrogen-bond donors (Lipinski definition) is 2. The first-order valence-electron chi connectivity index (χ1n) is 11.2. The third-order valence-corrected chi connectivity index (χ3v) is 7.32. The largest absolute Gasteiger partial charge is 0.481 e. The third kappa shape index (κ3) is 3.97. The molecule has 34 heavy (non-hydrogen) atoms. The van der Waals surface area contributed by atoms with Crippen LogP contribution in [-0.2, 0) is 15.9 Å². The molecule has 2 fully saturated rings. The third-order valence-electron chi connectivity index (χ3n) is 6.21. The fraction of sp³-hybridized carbons (Fsp3) is 0.455. The molecular formula is C22H24N6O5S. The molecule has 3 aliphatic rings. The molecule has 3 aliphatic heterocycles. The zero-order chi connectivity index (χ0) is 23.1. The Bertz CT molecular complexity index is 1190. The summed E-state index contributed by atoms with van der Waals surface area (Å²) in [4.78, 5) is 24.8. The van der Waals surface area contributed by atoms with E-state index in [1.807, 2.05) is 18.2 Å². The van der Waals surface area contributed by atoms with Gasteiger partial charge in [0.05, 0.1) is 55.6 Å². The number of hydrogen-bond acceptors (Lipinski definition) is 10. The number of fused-ring (bicyclic) bond motifs is 4. The predicted molar refractivity (Wildman–Crippen MR) is 123 cm³/mol. The average Bonchev–Trinajstić information content (AvgIpc) is 3.60. The molecular weight excluding hydrogens is 460 g/mol. The molecule has 3 atom stereocenters. The van der Waals surface area contributed by atoms with Gasteiger partial charge in [-0.25, -0.2) is 14.8 Å². The van der Waals surface area contributed by atoms with E-state index in [1.165, 1.54) is 11.3 Å². The first-order chi connectivity index (χ1) is 16.7. The molecule has 2 saturated heterocycles. The van der Waals surface area contributed by atoms with Crippen molar-refractivity contribution in [2.75, 3.05) is 43.8 Å². The van der Waals surface area contributed by atoms with Crippen LogP contribution < -0.4 is 20.3 Å². The maximum Gasteiger partial charge on any atom is 0.321 e. The van der Waals surface area contributed by atoms with Crippen LogP contribution in [-0.4, -0.2) is 66.8 Å². The van der Waals surface area contributed by atoms with E-state index in [1.54, 1.807) is 13.2 Å². The lowest BCUT2D eigenvalue weighted by atomic mass is 9.96. The number of morpholine rings is 1. The van der Waals surface area contributed by atoms with Crippen molar-refractivity contribution in [3.8, 4) is 17.3 Å². The Morgan fingerprint density at radius 1 is 1.24 bits per heavy atom. The van der Waals surface area contributed by atoms with Crippen LogP contribution in [0.3, 0.4) is 0 Å². The van der Waals surface area contributed by atoms with Crippen LogP contribution in [0.1, 0.15) is 23.0 Å². The van der Waals surface area contributed by atoms with Gasteiger partial charge in [0.2, 0.25) is 5.88 Å². The van der Waals surface area contributed by atoms with Crippen LogP contribution in [0.5, 0.6) is 5.88 Å². The lowest BCUT2D eigenvalue weighted by molar-refractivity contribution is 0.0601. The van der Waals surface area contributed by atoms with Gasteiger partial charge in [0.25, 0.3) is 0 Å². The van der Waals surface area contributed by atoms with Gasteiger partial charge in [0.15, 0.2) is 16.7 Å². The molecule has 0 aromatic carbocycles. The van der Waals surface area contributed by atoms with Crippen molar-refractivity contribution in [1.29, 1.82) is 0 Å². The quantitative estimate of drug-likeness (QED) is 0.562. The summed E-state index contributed by atoms with van der Waals surface area (Å²) in [7, 11) is 1.58. The minimum absolute atomic E-state index is 0.0399. The SMILES string of the molecule is COc1cccc(-c2cc(N3[C@@H]4COC[C@H]3c3sc(NC(=O)N[C@H]5CCOC5)nc3C4)no2)n1. The second-order valence-corrected chi connectivity index (χ2v) is 9.45. The number of carbonyl (C=O) groups is 1. The van der Waals surface area contributed by atoms with Crippen molar-refractivity contribution in [1.82, 2.24) is 20.4 Å². The van der Waals surface area contributed by atoms with Gasteiger partial charge in [-0.1, -0.05) is 22.6 Å². The van der Waals surface area contributed by atoms with E-state index in [2.05, 4.69) is 25.7 Å². The summed E-state index contributed by atoms with van der Waals surface area (Å²) in [6.07, 6.45) is 1.52. The van der Waals surface area contributed by atoms with Gasteiger partial charge >= 0.3 is 6.03 Å². The predicted octanol–water partition coefficient (Wildman–Crippen LogP) is 2.61. The topological polar surface area (TPSA) is 124 Å².